The highest BCUT2D eigenvalue weighted by atomic mass is 127. The fourth-order valence-corrected chi connectivity index (χ4v) is 3.57. The Morgan fingerprint density at radius 2 is 2.07 bits per heavy atom. The van der Waals surface area contributed by atoms with E-state index < -0.39 is 0 Å². The van der Waals surface area contributed by atoms with E-state index in [-0.39, 0.29) is 24.0 Å². The van der Waals surface area contributed by atoms with Crippen LogP contribution in [0.25, 0.3) is 0 Å². The number of piperazine rings is 1. The maximum absolute atomic E-state index is 4.91. The van der Waals surface area contributed by atoms with Crippen LogP contribution in [-0.4, -0.2) is 72.7 Å². The second kappa shape index (κ2) is 10.8. The van der Waals surface area contributed by atoms with Gasteiger partial charge in [0.1, 0.15) is 6.26 Å². The Balaban J connectivity index is 0.00000261. The maximum atomic E-state index is 4.91. The smallest absolute Gasteiger partial charge is 0.194 e. The summed E-state index contributed by atoms with van der Waals surface area (Å²) in [7, 11) is 4.02. The molecular weight excluding hydrogens is 477 g/mol. The first-order valence-corrected chi connectivity index (χ1v) is 9.80. The largest absolute Gasteiger partial charge is 0.364 e. The topological polar surface area (TPSA) is 73.0 Å². The molecule has 10 heteroatoms. The summed E-state index contributed by atoms with van der Waals surface area (Å²) in [6, 6.07) is 1.92. The van der Waals surface area contributed by atoms with E-state index in [9.17, 15) is 0 Å². The molecule has 8 nitrogen and oxygen atoms in total. The number of rotatable bonds is 6. The predicted octanol–water partition coefficient (Wildman–Crippen LogP) is 2.10. The minimum Gasteiger partial charge on any atom is -0.364 e. The van der Waals surface area contributed by atoms with Crippen LogP contribution in [0.3, 0.4) is 0 Å². The lowest BCUT2D eigenvalue weighted by molar-refractivity contribution is 0.169. The highest BCUT2D eigenvalue weighted by Crippen LogP contribution is 2.18. The van der Waals surface area contributed by atoms with Crippen molar-refractivity contribution in [3.05, 3.63) is 29.1 Å². The van der Waals surface area contributed by atoms with Crippen molar-refractivity contribution in [2.45, 2.75) is 20.0 Å². The molecule has 3 heterocycles. The minimum absolute atomic E-state index is 0. The van der Waals surface area contributed by atoms with Gasteiger partial charge in [-0.05, 0) is 6.92 Å². The van der Waals surface area contributed by atoms with Crippen LogP contribution in [-0.2, 0) is 13.1 Å². The van der Waals surface area contributed by atoms with Crippen LogP contribution in [0.15, 0.2) is 27.2 Å². The molecule has 2 aromatic rings. The number of nitrogens with zero attached hydrogens (tertiary/aromatic N) is 6. The van der Waals surface area contributed by atoms with E-state index in [1.54, 1.807) is 17.6 Å². The lowest BCUT2D eigenvalue weighted by atomic mass is 10.3. The summed E-state index contributed by atoms with van der Waals surface area (Å²) >= 11 is 1.65. The zero-order valence-corrected chi connectivity index (χ0v) is 19.2. The van der Waals surface area contributed by atoms with Crippen LogP contribution in [0.4, 0.5) is 5.13 Å². The standard InChI is InChI=1S/C17H27N7OS.HI/c1-4-18-16(19-11-15-13-26-17(20-15)22(2)3)24-8-6-23(7-9-24)12-14-5-10-25-21-14;/h5,10,13H,4,6-9,11-12H2,1-3H3,(H,18,19);1H. The molecule has 0 unspecified atom stereocenters. The van der Waals surface area contributed by atoms with E-state index in [4.69, 9.17) is 9.52 Å². The van der Waals surface area contributed by atoms with Crippen LogP contribution in [0.5, 0.6) is 0 Å². The molecule has 0 atom stereocenters. The number of aromatic nitrogens is 2. The Hall–Kier alpha value is -1.40. The summed E-state index contributed by atoms with van der Waals surface area (Å²) in [5, 5.41) is 10.5. The van der Waals surface area contributed by atoms with E-state index in [2.05, 4.69) is 37.6 Å². The van der Waals surface area contributed by atoms with Crippen molar-refractivity contribution in [2.75, 3.05) is 51.7 Å². The van der Waals surface area contributed by atoms with Crippen molar-refractivity contribution in [1.82, 2.24) is 25.3 Å². The molecule has 1 saturated heterocycles. The van der Waals surface area contributed by atoms with Gasteiger partial charge in [-0.3, -0.25) is 4.90 Å². The molecule has 0 radical (unpaired) electrons. The van der Waals surface area contributed by atoms with Gasteiger partial charge in [-0.1, -0.05) is 5.16 Å². The second-order valence-electron chi connectivity index (χ2n) is 6.44. The minimum atomic E-state index is 0. The number of guanidine groups is 1. The fraction of sp³-hybridized carbons (Fsp3) is 0.588. The summed E-state index contributed by atoms with van der Waals surface area (Å²) in [5.41, 5.74) is 2.00. The van der Waals surface area contributed by atoms with Gasteiger partial charge in [0.15, 0.2) is 11.1 Å². The number of nitrogens with one attached hydrogen (secondary N) is 1. The van der Waals surface area contributed by atoms with Crippen molar-refractivity contribution in [3.8, 4) is 0 Å². The van der Waals surface area contributed by atoms with Gasteiger partial charge in [0.25, 0.3) is 0 Å². The number of hydrogen-bond donors (Lipinski definition) is 1. The van der Waals surface area contributed by atoms with Crippen LogP contribution < -0.4 is 10.2 Å². The van der Waals surface area contributed by atoms with Crippen LogP contribution in [0.2, 0.25) is 0 Å². The SMILES string of the molecule is CCNC(=NCc1csc(N(C)C)n1)N1CCN(Cc2ccon2)CC1.I. The quantitative estimate of drug-likeness (QED) is 0.366. The maximum Gasteiger partial charge on any atom is 0.194 e. The van der Waals surface area contributed by atoms with Gasteiger partial charge >= 0.3 is 0 Å². The summed E-state index contributed by atoms with van der Waals surface area (Å²) in [5.74, 6) is 0.966. The molecule has 150 valence electrons. The molecule has 0 spiro atoms. The van der Waals surface area contributed by atoms with Crippen LogP contribution in [0, 0.1) is 0 Å². The molecule has 1 aliphatic heterocycles. The molecule has 1 N–H and O–H groups in total. The molecule has 3 rings (SSSR count). The van der Waals surface area contributed by atoms with Gasteiger partial charge in [-0.15, -0.1) is 35.3 Å². The average molecular weight is 505 g/mol. The van der Waals surface area contributed by atoms with E-state index in [1.807, 2.05) is 25.1 Å². The van der Waals surface area contributed by atoms with Gasteiger partial charge in [0, 0.05) is 64.8 Å². The first-order valence-electron chi connectivity index (χ1n) is 8.92. The van der Waals surface area contributed by atoms with E-state index in [0.717, 1.165) is 61.7 Å². The molecule has 27 heavy (non-hydrogen) atoms. The van der Waals surface area contributed by atoms with Crippen molar-refractivity contribution >= 4 is 46.4 Å². The molecule has 2 aromatic heterocycles. The molecular formula is C17H28IN7OS. The first-order chi connectivity index (χ1) is 12.7. The van der Waals surface area contributed by atoms with Crippen LogP contribution in [0.1, 0.15) is 18.3 Å². The Kier molecular flexibility index (Phi) is 8.77. The lowest BCUT2D eigenvalue weighted by Gasteiger charge is -2.36. The fourth-order valence-electron chi connectivity index (χ4n) is 2.82. The molecule has 0 aliphatic carbocycles. The van der Waals surface area contributed by atoms with E-state index in [0.29, 0.717) is 6.54 Å². The molecule has 1 fully saturated rings. The third-order valence-electron chi connectivity index (χ3n) is 4.20. The summed E-state index contributed by atoms with van der Waals surface area (Å²) in [4.78, 5) is 16.1. The monoisotopic (exact) mass is 505 g/mol. The first kappa shape index (κ1) is 21.9. The summed E-state index contributed by atoms with van der Waals surface area (Å²) < 4.78 is 4.91. The Bertz CT molecular complexity index is 696. The number of hydrogen-bond acceptors (Lipinski definition) is 7. The Morgan fingerprint density at radius 1 is 1.30 bits per heavy atom. The highest BCUT2D eigenvalue weighted by Gasteiger charge is 2.20. The summed E-state index contributed by atoms with van der Waals surface area (Å²) in [6.45, 7) is 8.27. The molecule has 0 amide bonds. The molecule has 0 saturated carbocycles. The average Bonchev–Trinajstić information content (AvgIpc) is 3.31. The zero-order chi connectivity index (χ0) is 18.4. The summed E-state index contributed by atoms with van der Waals surface area (Å²) in [6.07, 6.45) is 1.63. The number of thiazole rings is 1. The van der Waals surface area contributed by atoms with Gasteiger partial charge in [0.2, 0.25) is 0 Å². The number of aliphatic imine (C=N–C) groups is 1. The normalized spacial score (nSPS) is 15.5. The molecule has 0 bridgehead atoms. The van der Waals surface area contributed by atoms with Gasteiger partial charge < -0.3 is 19.6 Å². The lowest BCUT2D eigenvalue weighted by Crippen LogP contribution is -2.52. The van der Waals surface area contributed by atoms with Gasteiger partial charge in [0.05, 0.1) is 17.9 Å². The van der Waals surface area contributed by atoms with E-state index >= 15 is 0 Å². The van der Waals surface area contributed by atoms with E-state index in [1.165, 1.54) is 0 Å². The predicted molar refractivity (Wildman–Crippen MR) is 120 cm³/mol. The number of halogens is 1. The molecule has 0 aromatic carbocycles. The van der Waals surface area contributed by atoms with Gasteiger partial charge in [-0.25, -0.2) is 9.98 Å². The number of anilines is 1. The highest BCUT2D eigenvalue weighted by molar-refractivity contribution is 14.0. The molecule has 1 aliphatic rings. The third kappa shape index (κ3) is 6.32. The Labute approximate surface area is 181 Å². The van der Waals surface area contributed by atoms with Crippen molar-refractivity contribution in [2.24, 2.45) is 4.99 Å². The third-order valence-corrected chi connectivity index (χ3v) is 5.25. The van der Waals surface area contributed by atoms with Crippen LogP contribution >= 0.6 is 35.3 Å². The van der Waals surface area contributed by atoms with Crippen molar-refractivity contribution < 1.29 is 4.52 Å². The van der Waals surface area contributed by atoms with Crippen molar-refractivity contribution in [3.63, 3.8) is 0 Å². The van der Waals surface area contributed by atoms with Crippen molar-refractivity contribution in [1.29, 1.82) is 0 Å². The van der Waals surface area contributed by atoms with Gasteiger partial charge in [-0.2, -0.15) is 0 Å². The zero-order valence-electron chi connectivity index (χ0n) is 16.1. The second-order valence-corrected chi connectivity index (χ2v) is 7.28. The Morgan fingerprint density at radius 3 is 2.67 bits per heavy atom.